The Morgan fingerprint density at radius 2 is 1.77 bits per heavy atom. The van der Waals surface area contributed by atoms with E-state index in [4.69, 9.17) is 4.42 Å². The zero-order valence-corrected chi connectivity index (χ0v) is 17.1. The molecule has 0 saturated heterocycles. The van der Waals surface area contributed by atoms with Crippen LogP contribution in [-0.2, 0) is 0 Å². The Kier molecular flexibility index (Phi) is 5.67. The molecule has 0 aliphatic heterocycles. The molecule has 0 aliphatic carbocycles. The van der Waals surface area contributed by atoms with Crippen LogP contribution < -0.4 is 5.43 Å². The first-order valence-electron chi connectivity index (χ1n) is 8.91. The number of fused-ring (bicyclic) bond motifs is 1. The maximum absolute atomic E-state index is 12.3. The number of phenols is 1. The molecule has 30 heavy (non-hydrogen) atoms. The maximum atomic E-state index is 12.3. The number of furan rings is 1. The quantitative estimate of drug-likeness (QED) is 0.213. The molecule has 0 spiro atoms. The van der Waals surface area contributed by atoms with Crippen molar-refractivity contribution in [2.24, 2.45) is 15.3 Å². The number of phenolic OH excluding ortho intramolecular Hbond substituents is 1. The van der Waals surface area contributed by atoms with Crippen molar-refractivity contribution in [3.05, 3.63) is 88.6 Å². The highest BCUT2D eigenvalue weighted by Gasteiger charge is 2.11. The van der Waals surface area contributed by atoms with Crippen molar-refractivity contribution in [2.45, 2.75) is 0 Å². The molecular weight excluding hydrogens is 448 g/mol. The average molecular weight is 463 g/mol. The summed E-state index contributed by atoms with van der Waals surface area (Å²) < 4.78 is 6.41. The van der Waals surface area contributed by atoms with Crippen LogP contribution in [0.25, 0.3) is 11.0 Å². The highest BCUT2D eigenvalue weighted by Crippen LogP contribution is 2.25. The molecule has 148 valence electrons. The van der Waals surface area contributed by atoms with Gasteiger partial charge in [0.15, 0.2) is 5.76 Å². The number of amides is 1. The smallest absolute Gasteiger partial charge is 0.307 e. The van der Waals surface area contributed by atoms with E-state index >= 15 is 0 Å². The van der Waals surface area contributed by atoms with Crippen LogP contribution in [0.4, 0.5) is 11.4 Å². The molecule has 7 nitrogen and oxygen atoms in total. The highest BCUT2D eigenvalue weighted by molar-refractivity contribution is 9.10. The maximum Gasteiger partial charge on any atom is 0.307 e. The number of aromatic hydroxyl groups is 1. The summed E-state index contributed by atoms with van der Waals surface area (Å²) in [4.78, 5) is 12.3. The van der Waals surface area contributed by atoms with Crippen molar-refractivity contribution in [1.29, 1.82) is 0 Å². The number of halogens is 1. The molecule has 2 N–H and O–H groups in total. The van der Waals surface area contributed by atoms with Gasteiger partial charge in [0.1, 0.15) is 11.3 Å². The molecule has 4 rings (SSSR count). The Hall–Kier alpha value is -3.78. The first-order chi connectivity index (χ1) is 14.6. The van der Waals surface area contributed by atoms with Gasteiger partial charge < -0.3 is 9.52 Å². The lowest BCUT2D eigenvalue weighted by Crippen LogP contribution is -2.16. The zero-order chi connectivity index (χ0) is 20.9. The van der Waals surface area contributed by atoms with E-state index in [0.29, 0.717) is 22.5 Å². The SMILES string of the molecule is O=C(N/N=C/c1cc(N=Nc2ccccc2)ccc1O)c1cc2cc(Br)ccc2o1. The Balaban J connectivity index is 1.46. The second-order valence-electron chi connectivity index (χ2n) is 6.27. The van der Waals surface area contributed by atoms with Crippen LogP contribution in [0.5, 0.6) is 5.75 Å². The van der Waals surface area contributed by atoms with Gasteiger partial charge in [-0.2, -0.15) is 15.3 Å². The fraction of sp³-hybridized carbons (Fsp3) is 0. The van der Waals surface area contributed by atoms with E-state index in [2.05, 4.69) is 36.7 Å². The average Bonchev–Trinajstić information content (AvgIpc) is 3.18. The molecule has 0 fully saturated rings. The Morgan fingerprint density at radius 1 is 0.967 bits per heavy atom. The van der Waals surface area contributed by atoms with Gasteiger partial charge in [-0.15, -0.1) is 0 Å². The molecule has 0 bridgehead atoms. The van der Waals surface area contributed by atoms with E-state index in [0.717, 1.165) is 9.86 Å². The minimum Gasteiger partial charge on any atom is -0.507 e. The number of benzene rings is 3. The Labute approximate surface area is 179 Å². The molecule has 0 radical (unpaired) electrons. The van der Waals surface area contributed by atoms with Gasteiger partial charge in [-0.05, 0) is 54.6 Å². The monoisotopic (exact) mass is 462 g/mol. The summed E-state index contributed by atoms with van der Waals surface area (Å²) in [6, 6.07) is 21.1. The van der Waals surface area contributed by atoms with Crippen LogP contribution >= 0.6 is 15.9 Å². The van der Waals surface area contributed by atoms with Crippen molar-refractivity contribution in [1.82, 2.24) is 5.43 Å². The lowest BCUT2D eigenvalue weighted by atomic mass is 10.2. The molecular formula is C22H15BrN4O3. The summed E-state index contributed by atoms with van der Waals surface area (Å²) in [6.45, 7) is 0. The van der Waals surface area contributed by atoms with E-state index in [1.165, 1.54) is 12.3 Å². The van der Waals surface area contributed by atoms with Crippen molar-refractivity contribution in [3.8, 4) is 5.75 Å². The molecule has 1 aromatic heterocycles. The third-order valence-corrected chi connectivity index (χ3v) is 4.61. The number of hydrogen-bond acceptors (Lipinski definition) is 6. The zero-order valence-electron chi connectivity index (χ0n) is 15.5. The number of hydrogen-bond donors (Lipinski definition) is 2. The largest absolute Gasteiger partial charge is 0.507 e. The summed E-state index contributed by atoms with van der Waals surface area (Å²) in [5, 5.41) is 23.0. The lowest BCUT2D eigenvalue weighted by Gasteiger charge is -2.00. The Morgan fingerprint density at radius 3 is 2.60 bits per heavy atom. The van der Waals surface area contributed by atoms with Gasteiger partial charge in [-0.1, -0.05) is 34.1 Å². The fourth-order valence-corrected chi connectivity index (χ4v) is 3.04. The summed E-state index contributed by atoms with van der Waals surface area (Å²) in [5.74, 6) is -0.367. The molecule has 1 heterocycles. The van der Waals surface area contributed by atoms with Crippen molar-refractivity contribution in [2.75, 3.05) is 0 Å². The third-order valence-electron chi connectivity index (χ3n) is 4.12. The number of carbonyl (C=O) groups excluding carboxylic acids is 1. The van der Waals surface area contributed by atoms with Crippen LogP contribution in [0.1, 0.15) is 16.1 Å². The van der Waals surface area contributed by atoms with Gasteiger partial charge in [0, 0.05) is 15.4 Å². The molecule has 0 unspecified atom stereocenters. The highest BCUT2D eigenvalue weighted by atomic mass is 79.9. The number of carbonyl (C=O) groups is 1. The van der Waals surface area contributed by atoms with Gasteiger partial charge in [-0.25, -0.2) is 5.43 Å². The van der Waals surface area contributed by atoms with Crippen LogP contribution in [0.3, 0.4) is 0 Å². The van der Waals surface area contributed by atoms with E-state index < -0.39 is 5.91 Å². The first kappa shape index (κ1) is 19.5. The number of azo groups is 1. The van der Waals surface area contributed by atoms with Crippen molar-refractivity contribution >= 4 is 50.4 Å². The standard InChI is InChI=1S/C22H15BrN4O3/c23-16-6-9-20-14(10-16)12-21(30-20)22(29)27-24-13-15-11-18(7-8-19(15)28)26-25-17-4-2-1-3-5-17/h1-13,28H,(H,27,29)/b24-13+,26-25?. The van der Waals surface area contributed by atoms with Gasteiger partial charge in [0.05, 0.1) is 17.6 Å². The molecule has 4 aromatic rings. The first-order valence-corrected chi connectivity index (χ1v) is 9.70. The van der Waals surface area contributed by atoms with Gasteiger partial charge in [0.2, 0.25) is 0 Å². The molecule has 8 heteroatoms. The third kappa shape index (κ3) is 4.61. The number of nitrogens with zero attached hydrogens (tertiary/aromatic N) is 3. The number of nitrogens with one attached hydrogen (secondary N) is 1. The second-order valence-corrected chi connectivity index (χ2v) is 7.19. The minimum atomic E-state index is -0.502. The molecule has 0 aliphatic rings. The van der Waals surface area contributed by atoms with E-state index in [9.17, 15) is 9.90 Å². The Bertz CT molecular complexity index is 1270. The normalized spacial score (nSPS) is 11.5. The topological polar surface area (TPSA) is 99.6 Å². The summed E-state index contributed by atoms with van der Waals surface area (Å²) in [5.41, 5.74) is 4.62. The van der Waals surface area contributed by atoms with E-state index in [1.807, 2.05) is 42.5 Å². The van der Waals surface area contributed by atoms with Crippen LogP contribution in [-0.4, -0.2) is 17.2 Å². The fourth-order valence-electron chi connectivity index (χ4n) is 2.66. The second kappa shape index (κ2) is 8.71. The number of hydrazone groups is 1. The number of rotatable bonds is 5. The molecule has 0 atom stereocenters. The molecule has 3 aromatic carbocycles. The lowest BCUT2D eigenvalue weighted by molar-refractivity contribution is 0.0929. The molecule has 0 saturated carbocycles. The van der Waals surface area contributed by atoms with Crippen molar-refractivity contribution in [3.63, 3.8) is 0 Å². The summed E-state index contributed by atoms with van der Waals surface area (Å²) in [6.07, 6.45) is 1.33. The van der Waals surface area contributed by atoms with Crippen LogP contribution in [0.15, 0.2) is 97.0 Å². The van der Waals surface area contributed by atoms with Gasteiger partial charge >= 0.3 is 5.91 Å². The van der Waals surface area contributed by atoms with E-state index in [1.54, 1.807) is 24.3 Å². The van der Waals surface area contributed by atoms with Crippen LogP contribution in [0, 0.1) is 0 Å². The minimum absolute atomic E-state index is 0.000229. The predicted octanol–water partition coefficient (Wildman–Crippen LogP) is 6.08. The summed E-state index contributed by atoms with van der Waals surface area (Å²) in [7, 11) is 0. The van der Waals surface area contributed by atoms with Crippen molar-refractivity contribution < 1.29 is 14.3 Å². The summed E-state index contributed by atoms with van der Waals surface area (Å²) >= 11 is 3.38. The predicted molar refractivity (Wildman–Crippen MR) is 118 cm³/mol. The van der Waals surface area contributed by atoms with Gasteiger partial charge in [0.25, 0.3) is 0 Å². The van der Waals surface area contributed by atoms with E-state index in [-0.39, 0.29) is 11.5 Å². The molecule has 1 amide bonds. The van der Waals surface area contributed by atoms with Gasteiger partial charge in [-0.3, -0.25) is 4.79 Å². The van der Waals surface area contributed by atoms with Crippen LogP contribution in [0.2, 0.25) is 0 Å².